The summed E-state index contributed by atoms with van der Waals surface area (Å²) in [6.45, 7) is 3.28. The van der Waals surface area contributed by atoms with Crippen molar-refractivity contribution >= 4 is 41.2 Å². The van der Waals surface area contributed by atoms with Crippen LogP contribution in [0.25, 0.3) is 0 Å². The fourth-order valence-corrected chi connectivity index (χ4v) is 2.67. The van der Waals surface area contributed by atoms with Crippen LogP contribution in [0.2, 0.25) is 10.2 Å². The Morgan fingerprint density at radius 3 is 2.58 bits per heavy atom. The fraction of sp³-hybridized carbons (Fsp3) is 0.375. The van der Waals surface area contributed by atoms with Gasteiger partial charge in [-0.15, -0.1) is 0 Å². The predicted molar refractivity (Wildman–Crippen MR) is 93.9 cm³/mol. The second kappa shape index (κ2) is 8.86. The van der Waals surface area contributed by atoms with E-state index < -0.39 is 24.0 Å². The van der Waals surface area contributed by atoms with E-state index in [2.05, 4.69) is 15.6 Å². The topological polar surface area (TPSA) is 107 Å². The molecule has 0 saturated heterocycles. The van der Waals surface area contributed by atoms with Gasteiger partial charge in [0.05, 0.1) is 28.9 Å². The van der Waals surface area contributed by atoms with Crippen LogP contribution >= 0.6 is 23.2 Å². The highest BCUT2D eigenvalue weighted by atomic mass is 35.5. The molecule has 10 heteroatoms. The van der Waals surface area contributed by atoms with Crippen molar-refractivity contribution in [3.8, 4) is 0 Å². The van der Waals surface area contributed by atoms with Crippen LogP contribution in [0.4, 0.5) is 4.79 Å². The van der Waals surface area contributed by atoms with Crippen molar-refractivity contribution < 1.29 is 23.9 Å². The van der Waals surface area contributed by atoms with Crippen LogP contribution in [-0.4, -0.2) is 42.2 Å². The zero-order valence-electron chi connectivity index (χ0n) is 14.1. The molecule has 0 bridgehead atoms. The number of hydrogen-bond donors (Lipinski definition) is 2. The SMILES string of the molecule is CCOC(=O)C1=C(COC(=O)c2nc(Cl)ccc2Cl)NC(=O)N[C@H]1CC. The molecular weight excluding hydrogens is 385 g/mol. The van der Waals surface area contributed by atoms with E-state index in [1.165, 1.54) is 12.1 Å². The number of esters is 2. The lowest BCUT2D eigenvalue weighted by molar-refractivity contribution is -0.139. The number of urea groups is 1. The molecule has 2 amide bonds. The van der Waals surface area contributed by atoms with Gasteiger partial charge in [-0.25, -0.2) is 19.4 Å². The maximum Gasteiger partial charge on any atom is 0.358 e. The highest BCUT2D eigenvalue weighted by Crippen LogP contribution is 2.20. The molecule has 0 aliphatic carbocycles. The summed E-state index contributed by atoms with van der Waals surface area (Å²) in [7, 11) is 0. The Kier molecular flexibility index (Phi) is 6.82. The minimum atomic E-state index is -0.839. The van der Waals surface area contributed by atoms with Gasteiger partial charge in [-0.1, -0.05) is 30.1 Å². The quantitative estimate of drug-likeness (QED) is 0.559. The molecule has 0 saturated carbocycles. The van der Waals surface area contributed by atoms with Crippen molar-refractivity contribution in [2.45, 2.75) is 26.3 Å². The third-order valence-electron chi connectivity index (χ3n) is 3.50. The Hall–Kier alpha value is -2.32. The fourth-order valence-electron chi connectivity index (χ4n) is 2.34. The molecule has 8 nitrogen and oxygen atoms in total. The standard InChI is InChI=1S/C16H17Cl2N3O5/c1-3-9-12(14(22)25-4-2)10(20-16(24)19-9)7-26-15(23)13-8(17)5-6-11(18)21-13/h5-6,9H,3-4,7H2,1-2H3,(H2,19,20,24)/t9-/m0/s1. The average Bonchev–Trinajstić information content (AvgIpc) is 2.61. The molecule has 2 N–H and O–H groups in total. The van der Waals surface area contributed by atoms with Crippen molar-refractivity contribution in [2.24, 2.45) is 0 Å². The van der Waals surface area contributed by atoms with E-state index in [1.54, 1.807) is 13.8 Å². The van der Waals surface area contributed by atoms with Crippen LogP contribution in [0, 0.1) is 0 Å². The first-order chi connectivity index (χ1) is 12.4. The zero-order valence-corrected chi connectivity index (χ0v) is 15.6. The second-order valence-corrected chi connectivity index (χ2v) is 6.01. The van der Waals surface area contributed by atoms with Crippen LogP contribution in [0.1, 0.15) is 30.8 Å². The number of ether oxygens (including phenoxy) is 2. The number of hydrogen-bond acceptors (Lipinski definition) is 6. The molecule has 26 heavy (non-hydrogen) atoms. The van der Waals surface area contributed by atoms with E-state index in [4.69, 9.17) is 32.7 Å². The number of amides is 2. The van der Waals surface area contributed by atoms with Crippen LogP contribution < -0.4 is 10.6 Å². The lowest BCUT2D eigenvalue weighted by atomic mass is 10.0. The Balaban J connectivity index is 2.24. The Labute approximate surface area is 159 Å². The molecule has 0 fully saturated rings. The lowest BCUT2D eigenvalue weighted by Crippen LogP contribution is -2.51. The third-order valence-corrected chi connectivity index (χ3v) is 4.02. The van der Waals surface area contributed by atoms with Gasteiger partial charge >= 0.3 is 18.0 Å². The molecule has 0 radical (unpaired) electrons. The number of aromatic nitrogens is 1. The highest BCUT2D eigenvalue weighted by molar-refractivity contribution is 6.34. The average molecular weight is 402 g/mol. The normalized spacial score (nSPS) is 16.6. The molecule has 1 aromatic rings. The van der Waals surface area contributed by atoms with Gasteiger partial charge in [0.1, 0.15) is 11.8 Å². The van der Waals surface area contributed by atoms with E-state index in [0.717, 1.165) is 0 Å². The second-order valence-electron chi connectivity index (χ2n) is 5.21. The first kappa shape index (κ1) is 20.0. The molecule has 1 aromatic heterocycles. The van der Waals surface area contributed by atoms with Crippen molar-refractivity contribution in [3.05, 3.63) is 39.3 Å². The molecule has 0 spiro atoms. The summed E-state index contributed by atoms with van der Waals surface area (Å²) in [4.78, 5) is 40.0. The largest absolute Gasteiger partial charge is 0.463 e. The Morgan fingerprint density at radius 1 is 1.19 bits per heavy atom. The molecule has 1 aliphatic rings. The predicted octanol–water partition coefficient (Wildman–Crippen LogP) is 2.45. The number of pyridine rings is 1. The first-order valence-corrected chi connectivity index (χ1v) is 8.59. The number of carbonyl (C=O) groups is 3. The number of nitrogens with zero attached hydrogens (tertiary/aromatic N) is 1. The lowest BCUT2D eigenvalue weighted by Gasteiger charge is -2.28. The van der Waals surface area contributed by atoms with Crippen LogP contribution in [0.15, 0.2) is 23.4 Å². The van der Waals surface area contributed by atoms with Gasteiger partial charge in [-0.05, 0) is 25.5 Å². The molecule has 0 aromatic carbocycles. The van der Waals surface area contributed by atoms with Crippen molar-refractivity contribution in [3.63, 3.8) is 0 Å². The molecule has 2 heterocycles. The van der Waals surface area contributed by atoms with E-state index in [0.29, 0.717) is 6.42 Å². The highest BCUT2D eigenvalue weighted by Gasteiger charge is 2.32. The third kappa shape index (κ3) is 4.64. The molecular formula is C16H17Cl2N3O5. The minimum Gasteiger partial charge on any atom is -0.463 e. The van der Waals surface area contributed by atoms with Gasteiger partial charge in [0.15, 0.2) is 5.69 Å². The zero-order chi connectivity index (χ0) is 19.3. The summed E-state index contributed by atoms with van der Waals surface area (Å²) in [5.41, 5.74) is 0.183. The maximum atomic E-state index is 12.2. The van der Waals surface area contributed by atoms with Gasteiger partial charge in [0, 0.05) is 0 Å². The number of halogens is 2. The van der Waals surface area contributed by atoms with Crippen molar-refractivity contribution in [1.29, 1.82) is 0 Å². The van der Waals surface area contributed by atoms with Gasteiger partial charge < -0.3 is 20.1 Å². The molecule has 140 valence electrons. The smallest absolute Gasteiger partial charge is 0.358 e. The van der Waals surface area contributed by atoms with E-state index >= 15 is 0 Å². The first-order valence-electron chi connectivity index (χ1n) is 7.84. The maximum absolute atomic E-state index is 12.2. The minimum absolute atomic E-state index is 0.0692. The van der Waals surface area contributed by atoms with Gasteiger partial charge in [0.2, 0.25) is 0 Å². The van der Waals surface area contributed by atoms with Crippen LogP contribution in [-0.2, 0) is 14.3 Å². The molecule has 0 unspecified atom stereocenters. The van der Waals surface area contributed by atoms with Crippen molar-refractivity contribution in [2.75, 3.05) is 13.2 Å². The van der Waals surface area contributed by atoms with Gasteiger partial charge in [-0.2, -0.15) is 0 Å². The molecule has 1 aliphatic heterocycles. The molecule has 2 rings (SSSR count). The summed E-state index contributed by atoms with van der Waals surface area (Å²) in [6.07, 6.45) is 0.459. The number of carbonyl (C=O) groups excluding carboxylic acids is 3. The number of nitrogens with one attached hydrogen (secondary N) is 2. The summed E-state index contributed by atoms with van der Waals surface area (Å²) in [6, 6.07) is 1.79. The number of rotatable bonds is 6. The van der Waals surface area contributed by atoms with E-state index in [9.17, 15) is 14.4 Å². The van der Waals surface area contributed by atoms with Crippen LogP contribution in [0.5, 0.6) is 0 Å². The van der Waals surface area contributed by atoms with Crippen LogP contribution in [0.3, 0.4) is 0 Å². The Bertz CT molecular complexity index is 766. The summed E-state index contributed by atoms with van der Waals surface area (Å²) >= 11 is 11.7. The summed E-state index contributed by atoms with van der Waals surface area (Å²) in [5, 5.41) is 5.24. The Morgan fingerprint density at radius 2 is 1.92 bits per heavy atom. The van der Waals surface area contributed by atoms with E-state index in [-0.39, 0.29) is 40.4 Å². The monoisotopic (exact) mass is 401 g/mol. The van der Waals surface area contributed by atoms with Crippen molar-refractivity contribution in [1.82, 2.24) is 15.6 Å². The van der Waals surface area contributed by atoms with E-state index in [1.807, 2.05) is 0 Å². The summed E-state index contributed by atoms with van der Waals surface area (Å²) in [5.74, 6) is -1.44. The molecule has 1 atom stereocenters. The van der Waals surface area contributed by atoms with Gasteiger partial charge in [-0.3, -0.25) is 0 Å². The summed E-state index contributed by atoms with van der Waals surface area (Å²) < 4.78 is 10.2. The van der Waals surface area contributed by atoms with Gasteiger partial charge in [0.25, 0.3) is 0 Å².